The van der Waals surface area contributed by atoms with Gasteiger partial charge in [0.05, 0.1) is 31.3 Å². The number of hydrogen-bond acceptors (Lipinski definition) is 5. The van der Waals surface area contributed by atoms with E-state index in [0.717, 1.165) is 40.2 Å². The van der Waals surface area contributed by atoms with Gasteiger partial charge in [-0.1, -0.05) is 6.07 Å². The summed E-state index contributed by atoms with van der Waals surface area (Å²) >= 11 is 0. The zero-order chi connectivity index (χ0) is 19.7. The number of ether oxygens (including phenoxy) is 2. The summed E-state index contributed by atoms with van der Waals surface area (Å²) in [7, 11) is -2.84. The fourth-order valence-corrected chi connectivity index (χ4v) is 5.67. The highest BCUT2D eigenvalue weighted by atomic mass is 32.2. The van der Waals surface area contributed by atoms with E-state index in [1.165, 1.54) is 5.56 Å². The largest absolute Gasteiger partial charge is 0.493 e. The maximum absolute atomic E-state index is 11.6. The van der Waals surface area contributed by atoms with E-state index in [0.29, 0.717) is 32.0 Å². The molecule has 5 nitrogen and oxygen atoms in total. The van der Waals surface area contributed by atoms with Crippen molar-refractivity contribution in [2.24, 2.45) is 5.92 Å². The van der Waals surface area contributed by atoms with Gasteiger partial charge in [0, 0.05) is 12.0 Å². The van der Waals surface area contributed by atoms with E-state index >= 15 is 0 Å². The van der Waals surface area contributed by atoms with Crippen LogP contribution >= 0.6 is 0 Å². The number of fused-ring (bicyclic) bond motifs is 3. The summed E-state index contributed by atoms with van der Waals surface area (Å²) in [6.07, 6.45) is 2.15. The lowest BCUT2D eigenvalue weighted by atomic mass is 9.92. The van der Waals surface area contributed by atoms with Crippen LogP contribution in [0.25, 0.3) is 11.1 Å². The first kappa shape index (κ1) is 19.3. The first-order valence-electron chi connectivity index (χ1n) is 9.79. The molecule has 0 aromatic heterocycles. The van der Waals surface area contributed by atoms with Gasteiger partial charge >= 0.3 is 0 Å². The van der Waals surface area contributed by atoms with Crippen molar-refractivity contribution in [3.8, 4) is 22.6 Å². The molecule has 0 saturated carbocycles. The molecule has 2 aliphatic heterocycles. The van der Waals surface area contributed by atoms with Gasteiger partial charge in [0.25, 0.3) is 0 Å². The molecular formula is C22H26O5S. The van der Waals surface area contributed by atoms with E-state index in [1.54, 1.807) is 0 Å². The van der Waals surface area contributed by atoms with Gasteiger partial charge in [-0.25, -0.2) is 8.42 Å². The fourth-order valence-electron chi connectivity index (χ4n) is 4.08. The maximum atomic E-state index is 11.6. The van der Waals surface area contributed by atoms with Crippen LogP contribution in [0, 0.1) is 12.8 Å². The van der Waals surface area contributed by atoms with Crippen LogP contribution in [-0.2, 0) is 22.9 Å². The van der Waals surface area contributed by atoms with Crippen LogP contribution in [0.4, 0.5) is 0 Å². The number of sulfone groups is 1. The molecule has 6 heteroatoms. The average Bonchev–Trinajstić information content (AvgIpc) is 2.86. The first-order chi connectivity index (χ1) is 13.4. The van der Waals surface area contributed by atoms with E-state index in [4.69, 9.17) is 9.47 Å². The summed E-state index contributed by atoms with van der Waals surface area (Å²) in [5, 5.41) is 9.50. The fraction of sp³-hybridized carbons (Fsp3) is 0.455. The van der Waals surface area contributed by atoms with Crippen molar-refractivity contribution in [1.82, 2.24) is 0 Å². The summed E-state index contributed by atoms with van der Waals surface area (Å²) in [6, 6.07) is 9.93. The van der Waals surface area contributed by atoms with Crippen molar-refractivity contribution in [3.63, 3.8) is 0 Å². The number of hydrogen-bond donors (Lipinski definition) is 1. The molecule has 4 rings (SSSR count). The van der Waals surface area contributed by atoms with Gasteiger partial charge in [0.1, 0.15) is 21.3 Å². The van der Waals surface area contributed by atoms with E-state index < -0.39 is 9.84 Å². The Morgan fingerprint density at radius 1 is 1.18 bits per heavy atom. The van der Waals surface area contributed by atoms with E-state index in [2.05, 4.69) is 13.0 Å². The standard InChI is InChI=1S/C22H26O5S/c1-15-10-19(27-14-16-5-8-28(24,25)9-6-16)12-18-4-7-26-21-3-2-17(13-23)11-20(21)22(15)18/h2-3,10-12,16,23H,4-9,13-14H2,1H3. The summed E-state index contributed by atoms with van der Waals surface area (Å²) < 4.78 is 35.2. The van der Waals surface area contributed by atoms with Crippen LogP contribution in [0.2, 0.25) is 0 Å². The number of aryl methyl sites for hydroxylation is 1. The molecule has 2 aromatic carbocycles. The molecule has 1 saturated heterocycles. The van der Waals surface area contributed by atoms with Crippen molar-refractivity contribution >= 4 is 9.84 Å². The predicted molar refractivity (Wildman–Crippen MR) is 109 cm³/mol. The number of rotatable bonds is 4. The SMILES string of the molecule is Cc1cc(OCC2CCS(=O)(=O)CC2)cc2c1-c1cc(CO)ccc1OCC2. The predicted octanol–water partition coefficient (Wildman–Crippen LogP) is 3.29. The van der Waals surface area contributed by atoms with Gasteiger partial charge in [0.15, 0.2) is 0 Å². The zero-order valence-electron chi connectivity index (χ0n) is 16.1. The van der Waals surface area contributed by atoms with E-state index in [-0.39, 0.29) is 18.1 Å². The van der Waals surface area contributed by atoms with Crippen LogP contribution in [0.3, 0.4) is 0 Å². The minimum Gasteiger partial charge on any atom is -0.493 e. The molecule has 1 fully saturated rings. The minimum atomic E-state index is -2.84. The molecule has 0 atom stereocenters. The number of benzene rings is 2. The lowest BCUT2D eigenvalue weighted by Gasteiger charge is -2.22. The lowest BCUT2D eigenvalue weighted by Crippen LogP contribution is -2.26. The molecule has 28 heavy (non-hydrogen) atoms. The molecule has 1 N–H and O–H groups in total. The van der Waals surface area contributed by atoms with E-state index in [1.807, 2.05) is 24.3 Å². The zero-order valence-corrected chi connectivity index (χ0v) is 16.9. The molecule has 0 spiro atoms. The summed E-state index contributed by atoms with van der Waals surface area (Å²) in [6.45, 7) is 3.22. The van der Waals surface area contributed by atoms with Crippen molar-refractivity contribution in [2.75, 3.05) is 24.7 Å². The molecular weight excluding hydrogens is 376 g/mol. The van der Waals surface area contributed by atoms with Crippen molar-refractivity contribution < 1.29 is 23.0 Å². The summed E-state index contributed by atoms with van der Waals surface area (Å²) in [5.41, 5.74) is 5.32. The van der Waals surface area contributed by atoms with Crippen LogP contribution in [0.15, 0.2) is 30.3 Å². The lowest BCUT2D eigenvalue weighted by molar-refractivity contribution is 0.238. The monoisotopic (exact) mass is 402 g/mol. The molecule has 0 aliphatic carbocycles. The molecule has 0 radical (unpaired) electrons. The third kappa shape index (κ3) is 4.03. The molecule has 2 aliphatic rings. The molecule has 150 valence electrons. The molecule has 2 heterocycles. The highest BCUT2D eigenvalue weighted by molar-refractivity contribution is 7.91. The van der Waals surface area contributed by atoms with Crippen molar-refractivity contribution in [2.45, 2.75) is 32.8 Å². The average molecular weight is 403 g/mol. The van der Waals surface area contributed by atoms with Crippen molar-refractivity contribution in [3.05, 3.63) is 47.0 Å². The topological polar surface area (TPSA) is 72.8 Å². The van der Waals surface area contributed by atoms with Gasteiger partial charge in [-0.3, -0.25) is 0 Å². The van der Waals surface area contributed by atoms with Gasteiger partial charge in [0.2, 0.25) is 0 Å². The van der Waals surface area contributed by atoms with Gasteiger partial charge in [-0.15, -0.1) is 0 Å². The maximum Gasteiger partial charge on any atom is 0.150 e. The third-order valence-corrected chi connectivity index (χ3v) is 7.39. The molecule has 0 bridgehead atoms. The Labute approximate surface area is 166 Å². The van der Waals surface area contributed by atoms with Gasteiger partial charge in [-0.05, 0) is 72.2 Å². The Kier molecular flexibility index (Phi) is 5.34. The summed E-state index contributed by atoms with van der Waals surface area (Å²) in [5.74, 6) is 2.50. The Morgan fingerprint density at radius 3 is 2.71 bits per heavy atom. The van der Waals surface area contributed by atoms with Crippen LogP contribution in [0.1, 0.15) is 29.5 Å². The van der Waals surface area contributed by atoms with Crippen LogP contribution < -0.4 is 9.47 Å². The molecule has 2 aromatic rings. The Hall–Kier alpha value is -2.05. The quantitative estimate of drug-likeness (QED) is 0.850. The van der Waals surface area contributed by atoms with Gasteiger partial charge in [-0.2, -0.15) is 0 Å². The first-order valence-corrected chi connectivity index (χ1v) is 11.6. The second-order valence-electron chi connectivity index (χ2n) is 7.77. The number of aliphatic hydroxyl groups is 1. The highest BCUT2D eigenvalue weighted by Gasteiger charge is 2.24. The minimum absolute atomic E-state index is 0.0000357. The smallest absolute Gasteiger partial charge is 0.150 e. The van der Waals surface area contributed by atoms with Crippen LogP contribution in [-0.4, -0.2) is 38.2 Å². The van der Waals surface area contributed by atoms with E-state index in [9.17, 15) is 13.5 Å². The summed E-state index contributed by atoms with van der Waals surface area (Å²) in [4.78, 5) is 0. The van der Waals surface area contributed by atoms with Crippen molar-refractivity contribution in [1.29, 1.82) is 0 Å². The third-order valence-electron chi connectivity index (χ3n) is 5.68. The Balaban J connectivity index is 1.57. The Morgan fingerprint density at radius 2 is 1.96 bits per heavy atom. The second-order valence-corrected chi connectivity index (χ2v) is 10.1. The highest BCUT2D eigenvalue weighted by Crippen LogP contribution is 2.40. The van der Waals surface area contributed by atoms with Crippen LogP contribution in [0.5, 0.6) is 11.5 Å². The number of aliphatic hydroxyl groups excluding tert-OH is 1. The molecule has 0 amide bonds. The Bertz CT molecular complexity index is 967. The molecule has 0 unspecified atom stereocenters. The van der Waals surface area contributed by atoms with Gasteiger partial charge < -0.3 is 14.6 Å². The normalized spacial score (nSPS) is 18.5. The second kappa shape index (κ2) is 7.76.